The summed E-state index contributed by atoms with van der Waals surface area (Å²) in [6.07, 6.45) is -3.51. The summed E-state index contributed by atoms with van der Waals surface area (Å²) >= 11 is 3.05. The largest absolute Gasteiger partial charge is 0.417 e. The van der Waals surface area contributed by atoms with Gasteiger partial charge in [-0.15, -0.1) is 12.4 Å². The predicted octanol–water partition coefficient (Wildman–Crippen LogP) is 3.61. The molecular weight excluding hydrogens is 357 g/mol. The molecule has 2 nitrogen and oxygen atoms in total. The molecule has 1 aromatic carbocycles. The van der Waals surface area contributed by atoms with Crippen LogP contribution in [-0.2, 0) is 12.6 Å². The van der Waals surface area contributed by atoms with Gasteiger partial charge in [-0.05, 0) is 31.0 Å². The Hall–Kier alpha value is -0.460. The van der Waals surface area contributed by atoms with E-state index in [1.165, 1.54) is 6.07 Å². The highest BCUT2D eigenvalue weighted by Crippen LogP contribution is 2.43. The summed E-state index contributed by atoms with van der Waals surface area (Å²) in [7, 11) is 0. The monoisotopic (exact) mass is 370 g/mol. The third-order valence-electron chi connectivity index (χ3n) is 3.90. The second kappa shape index (κ2) is 5.39. The van der Waals surface area contributed by atoms with Crippen molar-refractivity contribution >= 4 is 34.0 Å². The second-order valence-electron chi connectivity index (χ2n) is 5.23. The van der Waals surface area contributed by atoms with Crippen molar-refractivity contribution in [2.75, 3.05) is 18.0 Å². The van der Waals surface area contributed by atoms with Crippen LogP contribution in [0.1, 0.15) is 18.1 Å². The predicted molar refractivity (Wildman–Crippen MR) is 78.7 cm³/mol. The number of rotatable bonds is 0. The number of hydrogen-bond acceptors (Lipinski definition) is 2. The van der Waals surface area contributed by atoms with Gasteiger partial charge >= 0.3 is 6.18 Å². The highest BCUT2D eigenvalue weighted by atomic mass is 79.9. The SMILES string of the molecule is CC1CNCC2Cc3cc(Br)c(C(F)(F)F)cc3N12.Cl. The van der Waals surface area contributed by atoms with Crippen LogP contribution in [-0.4, -0.2) is 25.2 Å². The van der Waals surface area contributed by atoms with Crippen LogP contribution < -0.4 is 10.2 Å². The van der Waals surface area contributed by atoms with Crippen LogP contribution in [0.4, 0.5) is 18.9 Å². The summed E-state index contributed by atoms with van der Waals surface area (Å²) in [5.74, 6) is 0. The lowest BCUT2D eigenvalue weighted by atomic mass is 10.1. The number of nitrogens with zero attached hydrogens (tertiary/aromatic N) is 1. The Bertz CT molecular complexity index is 521. The molecule has 1 aromatic rings. The van der Waals surface area contributed by atoms with E-state index in [9.17, 15) is 13.2 Å². The fourth-order valence-electron chi connectivity index (χ4n) is 3.10. The van der Waals surface area contributed by atoms with Gasteiger partial charge in [0.2, 0.25) is 0 Å². The number of fused-ring (bicyclic) bond motifs is 3. The Balaban J connectivity index is 0.00000147. The molecule has 0 amide bonds. The maximum Gasteiger partial charge on any atom is 0.417 e. The van der Waals surface area contributed by atoms with Crippen LogP contribution in [0.2, 0.25) is 0 Å². The molecule has 2 heterocycles. The van der Waals surface area contributed by atoms with Gasteiger partial charge in [0.05, 0.1) is 5.56 Å². The first-order chi connectivity index (χ1) is 8.88. The lowest BCUT2D eigenvalue weighted by molar-refractivity contribution is -0.138. The number of nitrogens with one attached hydrogen (secondary N) is 1. The molecule has 0 aliphatic carbocycles. The maximum atomic E-state index is 13.0. The smallest absolute Gasteiger partial charge is 0.363 e. The van der Waals surface area contributed by atoms with Crippen molar-refractivity contribution in [2.45, 2.75) is 31.6 Å². The van der Waals surface area contributed by atoms with Gasteiger partial charge in [-0.3, -0.25) is 0 Å². The Morgan fingerprint density at radius 1 is 1.30 bits per heavy atom. The van der Waals surface area contributed by atoms with E-state index < -0.39 is 11.7 Å². The van der Waals surface area contributed by atoms with E-state index in [-0.39, 0.29) is 29.0 Å². The van der Waals surface area contributed by atoms with E-state index in [1.807, 2.05) is 6.92 Å². The second-order valence-corrected chi connectivity index (χ2v) is 6.09. The van der Waals surface area contributed by atoms with E-state index in [0.717, 1.165) is 30.8 Å². The molecule has 20 heavy (non-hydrogen) atoms. The molecule has 0 spiro atoms. The first-order valence-corrected chi connectivity index (χ1v) is 7.06. The van der Waals surface area contributed by atoms with Crippen LogP contribution in [0.3, 0.4) is 0 Å². The minimum absolute atomic E-state index is 0. The molecule has 2 aliphatic rings. The zero-order valence-electron chi connectivity index (χ0n) is 10.8. The first kappa shape index (κ1) is 15.9. The third-order valence-corrected chi connectivity index (χ3v) is 4.55. The van der Waals surface area contributed by atoms with Gasteiger partial charge in [0.25, 0.3) is 0 Å². The Morgan fingerprint density at radius 3 is 2.65 bits per heavy atom. The molecule has 0 saturated carbocycles. The normalized spacial score (nSPS) is 24.9. The molecule has 2 aliphatic heterocycles. The first-order valence-electron chi connectivity index (χ1n) is 6.26. The van der Waals surface area contributed by atoms with E-state index in [0.29, 0.717) is 0 Å². The van der Waals surface area contributed by atoms with Crippen molar-refractivity contribution < 1.29 is 13.2 Å². The fraction of sp³-hybridized carbons (Fsp3) is 0.538. The molecule has 0 aromatic heterocycles. The van der Waals surface area contributed by atoms with Crippen molar-refractivity contribution in [2.24, 2.45) is 0 Å². The summed E-state index contributed by atoms with van der Waals surface area (Å²) in [5, 5.41) is 3.32. The Kier molecular flexibility index (Phi) is 4.29. The number of halogens is 5. The van der Waals surface area contributed by atoms with Crippen LogP contribution >= 0.6 is 28.3 Å². The highest BCUT2D eigenvalue weighted by Gasteiger charge is 2.39. The highest BCUT2D eigenvalue weighted by molar-refractivity contribution is 9.10. The van der Waals surface area contributed by atoms with E-state index >= 15 is 0 Å². The van der Waals surface area contributed by atoms with Crippen LogP contribution in [0, 0.1) is 0 Å². The molecule has 7 heteroatoms. The van der Waals surface area contributed by atoms with Gasteiger partial charge in [-0.25, -0.2) is 0 Å². The van der Waals surface area contributed by atoms with E-state index in [2.05, 4.69) is 26.1 Å². The maximum absolute atomic E-state index is 13.0. The van der Waals surface area contributed by atoms with E-state index in [4.69, 9.17) is 0 Å². The zero-order chi connectivity index (χ0) is 13.8. The molecule has 2 atom stereocenters. The fourth-order valence-corrected chi connectivity index (χ4v) is 3.71. The van der Waals surface area contributed by atoms with Crippen LogP contribution in [0.5, 0.6) is 0 Å². The Morgan fingerprint density at radius 2 is 2.00 bits per heavy atom. The zero-order valence-corrected chi connectivity index (χ0v) is 13.2. The average Bonchev–Trinajstić information content (AvgIpc) is 2.64. The number of alkyl halides is 3. The number of piperazine rings is 1. The number of anilines is 1. The minimum Gasteiger partial charge on any atom is -0.363 e. The lowest BCUT2D eigenvalue weighted by Gasteiger charge is -2.38. The molecule has 1 N–H and O–H groups in total. The summed E-state index contributed by atoms with van der Waals surface area (Å²) in [6.45, 7) is 3.69. The molecular formula is C13H15BrClF3N2. The molecule has 1 saturated heterocycles. The summed E-state index contributed by atoms with van der Waals surface area (Å²) in [5.41, 5.74) is 1.16. The van der Waals surface area contributed by atoms with Gasteiger partial charge in [0.15, 0.2) is 0 Å². The summed E-state index contributed by atoms with van der Waals surface area (Å²) < 4.78 is 39.1. The molecule has 2 unspecified atom stereocenters. The van der Waals surface area contributed by atoms with Gasteiger partial charge < -0.3 is 10.2 Å². The molecule has 0 bridgehead atoms. The minimum atomic E-state index is -4.32. The number of hydrogen-bond donors (Lipinski definition) is 1. The standard InChI is InChI=1S/C13H14BrF3N2.ClH/c1-7-5-18-6-9-2-8-3-11(14)10(13(15,16)17)4-12(8)19(7)9;/h3-4,7,9,18H,2,5-6H2,1H3;1H. The van der Waals surface area contributed by atoms with Gasteiger partial charge in [0.1, 0.15) is 0 Å². The van der Waals surface area contributed by atoms with Crippen LogP contribution in [0.15, 0.2) is 16.6 Å². The van der Waals surface area contributed by atoms with Gasteiger partial charge in [0, 0.05) is 35.3 Å². The molecule has 1 fully saturated rings. The van der Waals surface area contributed by atoms with Crippen molar-refractivity contribution in [1.29, 1.82) is 0 Å². The van der Waals surface area contributed by atoms with Crippen LogP contribution in [0.25, 0.3) is 0 Å². The number of benzene rings is 1. The topological polar surface area (TPSA) is 15.3 Å². The van der Waals surface area contributed by atoms with Gasteiger partial charge in [-0.2, -0.15) is 13.2 Å². The van der Waals surface area contributed by atoms with Crippen molar-refractivity contribution in [3.8, 4) is 0 Å². The average molecular weight is 372 g/mol. The third kappa shape index (κ3) is 2.53. The van der Waals surface area contributed by atoms with Crippen molar-refractivity contribution in [1.82, 2.24) is 5.32 Å². The summed E-state index contributed by atoms with van der Waals surface area (Å²) in [6, 6.07) is 3.42. The Labute approximate surface area is 130 Å². The van der Waals surface area contributed by atoms with E-state index in [1.54, 1.807) is 6.07 Å². The molecule has 0 radical (unpaired) electrons. The molecule has 3 rings (SSSR count). The quantitative estimate of drug-likeness (QED) is 0.749. The lowest BCUT2D eigenvalue weighted by Crippen LogP contribution is -2.54. The molecule has 112 valence electrons. The summed E-state index contributed by atoms with van der Waals surface area (Å²) in [4.78, 5) is 2.13. The van der Waals surface area contributed by atoms with Crippen molar-refractivity contribution in [3.05, 3.63) is 27.7 Å². The van der Waals surface area contributed by atoms with Crippen molar-refractivity contribution in [3.63, 3.8) is 0 Å². The van der Waals surface area contributed by atoms with Gasteiger partial charge in [-0.1, -0.05) is 15.9 Å².